The van der Waals surface area contributed by atoms with Crippen LogP contribution in [-0.2, 0) is 4.79 Å². The molecule has 0 aromatic heterocycles. The molecule has 0 aliphatic carbocycles. The number of urea groups is 1. The summed E-state index contributed by atoms with van der Waals surface area (Å²) in [7, 11) is 0. The molecule has 0 aliphatic rings. The maximum absolute atomic E-state index is 11.8. The van der Waals surface area contributed by atoms with Crippen molar-refractivity contribution in [2.75, 3.05) is 6.54 Å². The summed E-state index contributed by atoms with van der Waals surface area (Å²) in [6.07, 6.45) is -4.98. The van der Waals surface area contributed by atoms with E-state index in [1.54, 1.807) is 0 Å². The number of hydrogen-bond donors (Lipinski definition) is 3. The van der Waals surface area contributed by atoms with E-state index < -0.39 is 30.1 Å². The first-order valence-electron chi connectivity index (χ1n) is 5.41. The summed E-state index contributed by atoms with van der Waals surface area (Å²) in [6, 6.07) is -0.714. The lowest BCUT2D eigenvalue weighted by Crippen LogP contribution is -2.53. The topological polar surface area (TPSA) is 78.4 Å². The van der Waals surface area contributed by atoms with E-state index in [-0.39, 0.29) is 19.4 Å². The van der Waals surface area contributed by atoms with Gasteiger partial charge in [0, 0.05) is 13.0 Å². The lowest BCUT2D eigenvalue weighted by molar-refractivity contribution is -0.143. The highest BCUT2D eigenvalue weighted by atomic mass is 19.4. The van der Waals surface area contributed by atoms with Gasteiger partial charge in [0.05, 0.1) is 0 Å². The number of unbranched alkanes of at least 4 members (excludes halogenated alkanes) is 1. The van der Waals surface area contributed by atoms with Gasteiger partial charge in [-0.2, -0.15) is 13.2 Å². The summed E-state index contributed by atoms with van der Waals surface area (Å²) in [5.74, 6) is -1.20. The zero-order valence-corrected chi connectivity index (χ0v) is 10.2. The highest BCUT2D eigenvalue weighted by Crippen LogP contribution is 2.21. The fraction of sp³-hybridized carbons (Fsp3) is 0.800. The molecule has 0 bridgehead atoms. The Bertz CT molecular complexity index is 303. The number of carboxylic acid groups (broad SMARTS) is 1. The van der Waals surface area contributed by atoms with E-state index in [9.17, 15) is 22.8 Å². The van der Waals surface area contributed by atoms with Gasteiger partial charge in [-0.15, -0.1) is 0 Å². The van der Waals surface area contributed by atoms with E-state index in [0.29, 0.717) is 0 Å². The lowest BCUT2D eigenvalue weighted by atomic mass is 10.1. The molecule has 0 radical (unpaired) electrons. The van der Waals surface area contributed by atoms with E-state index in [1.807, 2.05) is 0 Å². The molecular formula is C10H17F3N2O3. The SMILES string of the molecule is CC(C)(NC(=O)NCCCCC(F)(F)F)C(=O)O. The molecule has 0 saturated heterocycles. The molecule has 0 aromatic rings. The Morgan fingerprint density at radius 2 is 1.72 bits per heavy atom. The summed E-state index contributed by atoms with van der Waals surface area (Å²) in [4.78, 5) is 21.9. The Hall–Kier alpha value is -1.47. The summed E-state index contributed by atoms with van der Waals surface area (Å²) >= 11 is 0. The molecule has 2 amide bonds. The number of carboxylic acids is 1. The number of rotatable bonds is 6. The molecule has 18 heavy (non-hydrogen) atoms. The molecule has 0 rings (SSSR count). The van der Waals surface area contributed by atoms with E-state index in [1.165, 1.54) is 13.8 Å². The van der Waals surface area contributed by atoms with Crippen LogP contribution in [0.1, 0.15) is 33.1 Å². The molecule has 0 atom stereocenters. The molecule has 5 nitrogen and oxygen atoms in total. The number of halogens is 3. The second kappa shape index (κ2) is 6.46. The average Bonchev–Trinajstić information content (AvgIpc) is 2.14. The fourth-order valence-corrected chi connectivity index (χ4v) is 1.03. The second-order valence-electron chi connectivity index (χ2n) is 4.38. The largest absolute Gasteiger partial charge is 0.480 e. The van der Waals surface area contributed by atoms with Crippen LogP contribution in [0.15, 0.2) is 0 Å². The first kappa shape index (κ1) is 16.5. The molecular weight excluding hydrogens is 253 g/mol. The molecule has 3 N–H and O–H groups in total. The Morgan fingerprint density at radius 3 is 2.17 bits per heavy atom. The van der Waals surface area contributed by atoms with E-state index in [2.05, 4.69) is 10.6 Å². The molecule has 8 heteroatoms. The minimum atomic E-state index is -4.19. The number of carbonyl (C=O) groups excluding carboxylic acids is 1. The summed E-state index contributed by atoms with van der Waals surface area (Å²) in [5, 5.41) is 13.2. The van der Waals surface area contributed by atoms with Crippen molar-refractivity contribution >= 4 is 12.0 Å². The van der Waals surface area contributed by atoms with Crippen molar-refractivity contribution in [3.63, 3.8) is 0 Å². The van der Waals surface area contributed by atoms with E-state index in [0.717, 1.165) is 0 Å². The molecule has 0 spiro atoms. The monoisotopic (exact) mass is 270 g/mol. The van der Waals surface area contributed by atoms with Gasteiger partial charge in [-0.25, -0.2) is 9.59 Å². The molecule has 106 valence electrons. The van der Waals surface area contributed by atoms with Crippen molar-refractivity contribution in [3.8, 4) is 0 Å². The van der Waals surface area contributed by atoms with Gasteiger partial charge < -0.3 is 15.7 Å². The third kappa shape index (κ3) is 7.75. The number of hydrogen-bond acceptors (Lipinski definition) is 2. The zero-order chi connectivity index (χ0) is 14.4. The fourth-order valence-electron chi connectivity index (χ4n) is 1.03. The van der Waals surface area contributed by atoms with E-state index >= 15 is 0 Å². The van der Waals surface area contributed by atoms with Crippen LogP contribution in [0.4, 0.5) is 18.0 Å². The lowest BCUT2D eigenvalue weighted by Gasteiger charge is -2.21. The van der Waals surface area contributed by atoms with Gasteiger partial charge in [0.2, 0.25) is 0 Å². The zero-order valence-electron chi connectivity index (χ0n) is 10.2. The van der Waals surface area contributed by atoms with Crippen LogP contribution in [0, 0.1) is 0 Å². The first-order valence-corrected chi connectivity index (χ1v) is 5.41. The van der Waals surface area contributed by atoms with Crippen LogP contribution in [0.2, 0.25) is 0 Å². The predicted molar refractivity (Wildman–Crippen MR) is 58.2 cm³/mol. The normalized spacial score (nSPS) is 12.1. The first-order chi connectivity index (χ1) is 8.04. The summed E-state index contributed by atoms with van der Waals surface area (Å²) < 4.78 is 35.4. The molecule has 0 heterocycles. The van der Waals surface area contributed by atoms with Crippen LogP contribution < -0.4 is 10.6 Å². The summed E-state index contributed by atoms with van der Waals surface area (Å²) in [5.41, 5.74) is -1.42. The highest BCUT2D eigenvalue weighted by molar-refractivity contribution is 5.85. The van der Waals surface area contributed by atoms with Crippen molar-refractivity contribution in [3.05, 3.63) is 0 Å². The standard InChI is InChI=1S/C10H17F3N2O3/c1-9(2,7(16)17)15-8(18)14-6-4-3-5-10(11,12)13/h3-6H2,1-2H3,(H,16,17)(H2,14,15,18). The predicted octanol–water partition coefficient (Wildman–Crippen LogP) is 1.88. The Kier molecular flexibility index (Phi) is 5.93. The molecule has 0 aromatic carbocycles. The van der Waals surface area contributed by atoms with Gasteiger partial charge in [0.15, 0.2) is 0 Å². The quantitative estimate of drug-likeness (QED) is 0.645. The number of aliphatic carboxylic acids is 1. The third-order valence-corrected chi connectivity index (χ3v) is 2.13. The van der Waals surface area contributed by atoms with Crippen LogP contribution in [0.3, 0.4) is 0 Å². The maximum atomic E-state index is 11.8. The minimum Gasteiger partial charge on any atom is -0.480 e. The van der Waals surface area contributed by atoms with Crippen LogP contribution >= 0.6 is 0 Å². The van der Waals surface area contributed by atoms with Crippen molar-refractivity contribution in [1.29, 1.82) is 0 Å². The maximum Gasteiger partial charge on any atom is 0.389 e. The number of nitrogens with one attached hydrogen (secondary N) is 2. The van der Waals surface area contributed by atoms with Gasteiger partial charge in [0.25, 0.3) is 0 Å². The minimum absolute atomic E-state index is 0.0671. The van der Waals surface area contributed by atoms with Gasteiger partial charge >= 0.3 is 18.2 Å². The van der Waals surface area contributed by atoms with Crippen molar-refractivity contribution in [1.82, 2.24) is 10.6 Å². The smallest absolute Gasteiger partial charge is 0.389 e. The Labute approximate surface area is 103 Å². The molecule has 0 fully saturated rings. The average molecular weight is 270 g/mol. The van der Waals surface area contributed by atoms with Gasteiger partial charge in [0.1, 0.15) is 5.54 Å². The Morgan fingerprint density at radius 1 is 1.17 bits per heavy atom. The van der Waals surface area contributed by atoms with Crippen molar-refractivity contribution in [2.45, 2.75) is 44.8 Å². The van der Waals surface area contributed by atoms with Crippen molar-refractivity contribution < 1.29 is 27.9 Å². The van der Waals surface area contributed by atoms with Crippen LogP contribution in [-0.4, -0.2) is 35.4 Å². The van der Waals surface area contributed by atoms with Crippen molar-refractivity contribution in [2.24, 2.45) is 0 Å². The number of carbonyl (C=O) groups is 2. The third-order valence-electron chi connectivity index (χ3n) is 2.13. The Balaban J connectivity index is 3.76. The highest BCUT2D eigenvalue weighted by Gasteiger charge is 2.29. The van der Waals surface area contributed by atoms with E-state index in [4.69, 9.17) is 5.11 Å². The number of alkyl halides is 3. The molecule has 0 aliphatic heterocycles. The van der Waals surface area contributed by atoms with Gasteiger partial charge in [-0.3, -0.25) is 0 Å². The van der Waals surface area contributed by atoms with Gasteiger partial charge in [-0.05, 0) is 26.7 Å². The summed E-state index contributed by atoms with van der Waals surface area (Å²) in [6.45, 7) is 2.68. The van der Waals surface area contributed by atoms with Crippen LogP contribution in [0.5, 0.6) is 0 Å². The number of amides is 2. The molecule has 0 unspecified atom stereocenters. The second-order valence-corrected chi connectivity index (χ2v) is 4.38. The van der Waals surface area contributed by atoms with Gasteiger partial charge in [-0.1, -0.05) is 0 Å². The van der Waals surface area contributed by atoms with Crippen LogP contribution in [0.25, 0.3) is 0 Å². The molecule has 0 saturated carbocycles.